The molecule has 3 nitrogen and oxygen atoms in total. The van der Waals surface area contributed by atoms with Gasteiger partial charge in [0.15, 0.2) is 0 Å². The lowest BCUT2D eigenvalue weighted by atomic mass is 9.93. The minimum absolute atomic E-state index is 0.0850. The van der Waals surface area contributed by atoms with E-state index in [-0.39, 0.29) is 12.1 Å². The maximum Gasteiger partial charge on any atom is 0.0517 e. The fraction of sp³-hybridized carbons (Fsp3) is 0.438. The second-order valence-electron chi connectivity index (χ2n) is 5.55. The Balaban J connectivity index is 1.94. The van der Waals surface area contributed by atoms with Gasteiger partial charge in [0.25, 0.3) is 0 Å². The summed E-state index contributed by atoms with van der Waals surface area (Å²) in [5, 5.41) is 2.20. The van der Waals surface area contributed by atoms with Crippen LogP contribution in [0.25, 0.3) is 0 Å². The molecular weight excluding hydrogens is 266 g/mol. The molecule has 4 heteroatoms. The Morgan fingerprint density at radius 3 is 3.00 bits per heavy atom. The lowest BCUT2D eigenvalue weighted by molar-refractivity contribution is 0.119. The molecule has 20 heavy (non-hydrogen) atoms. The van der Waals surface area contributed by atoms with Crippen molar-refractivity contribution in [1.29, 1.82) is 0 Å². The average Bonchev–Trinajstić information content (AvgIpc) is 2.92. The van der Waals surface area contributed by atoms with E-state index in [9.17, 15) is 0 Å². The number of nitrogens with two attached hydrogens (primary N) is 1. The third kappa shape index (κ3) is 2.39. The van der Waals surface area contributed by atoms with Crippen LogP contribution < -0.4 is 5.73 Å². The van der Waals surface area contributed by atoms with Gasteiger partial charge in [-0.2, -0.15) is 0 Å². The summed E-state index contributed by atoms with van der Waals surface area (Å²) < 4.78 is 0. The van der Waals surface area contributed by atoms with E-state index in [1.54, 1.807) is 0 Å². The molecular formula is C16H21N3S. The van der Waals surface area contributed by atoms with Crippen LogP contribution in [0.2, 0.25) is 0 Å². The lowest BCUT2D eigenvalue weighted by Gasteiger charge is -2.41. The highest BCUT2D eigenvalue weighted by Gasteiger charge is 2.32. The van der Waals surface area contributed by atoms with Crippen molar-refractivity contribution in [3.63, 3.8) is 0 Å². The molecule has 1 aliphatic heterocycles. The van der Waals surface area contributed by atoms with Crippen LogP contribution in [0.4, 0.5) is 0 Å². The second-order valence-corrected chi connectivity index (χ2v) is 6.55. The van der Waals surface area contributed by atoms with E-state index in [1.165, 1.54) is 16.0 Å². The zero-order valence-corrected chi connectivity index (χ0v) is 12.8. The van der Waals surface area contributed by atoms with Gasteiger partial charge in [0, 0.05) is 35.9 Å². The van der Waals surface area contributed by atoms with Crippen LogP contribution in [0.1, 0.15) is 41.9 Å². The van der Waals surface area contributed by atoms with Crippen LogP contribution >= 0.6 is 11.3 Å². The molecule has 0 amide bonds. The van der Waals surface area contributed by atoms with E-state index >= 15 is 0 Å². The van der Waals surface area contributed by atoms with Gasteiger partial charge in [-0.05, 0) is 48.9 Å². The van der Waals surface area contributed by atoms with Crippen molar-refractivity contribution in [2.75, 3.05) is 6.54 Å². The normalized spacial score (nSPS) is 22.2. The SMILES string of the molecule is CC(N)C(c1cccnc1)N1CCc2sccc2C1C. The van der Waals surface area contributed by atoms with Crippen LogP contribution in [-0.2, 0) is 6.42 Å². The Morgan fingerprint density at radius 2 is 2.30 bits per heavy atom. The topological polar surface area (TPSA) is 42.1 Å². The van der Waals surface area contributed by atoms with Crippen LogP contribution in [-0.4, -0.2) is 22.5 Å². The Hall–Kier alpha value is -1.23. The molecule has 0 fully saturated rings. The third-order valence-electron chi connectivity index (χ3n) is 4.21. The number of hydrogen-bond acceptors (Lipinski definition) is 4. The number of hydrogen-bond donors (Lipinski definition) is 1. The molecule has 0 aromatic carbocycles. The summed E-state index contributed by atoms with van der Waals surface area (Å²) in [6.07, 6.45) is 4.89. The highest BCUT2D eigenvalue weighted by molar-refractivity contribution is 7.10. The van der Waals surface area contributed by atoms with Crippen LogP contribution in [0.15, 0.2) is 36.0 Å². The Bertz CT molecular complexity index is 564. The van der Waals surface area contributed by atoms with Crippen molar-refractivity contribution in [2.24, 2.45) is 5.73 Å². The zero-order chi connectivity index (χ0) is 14.1. The first-order chi connectivity index (χ1) is 9.68. The molecule has 3 heterocycles. The number of thiophene rings is 1. The maximum atomic E-state index is 6.29. The number of pyridine rings is 1. The molecule has 0 spiro atoms. The highest BCUT2D eigenvalue weighted by atomic mass is 32.1. The molecule has 2 aromatic heterocycles. The fourth-order valence-electron chi connectivity index (χ4n) is 3.26. The molecule has 106 valence electrons. The van der Waals surface area contributed by atoms with Crippen molar-refractivity contribution in [2.45, 2.75) is 38.4 Å². The summed E-state index contributed by atoms with van der Waals surface area (Å²) in [7, 11) is 0. The molecule has 0 saturated carbocycles. The van der Waals surface area contributed by atoms with Gasteiger partial charge in [0.1, 0.15) is 0 Å². The van der Waals surface area contributed by atoms with E-state index in [1.807, 2.05) is 29.8 Å². The second kappa shape index (κ2) is 5.64. The van der Waals surface area contributed by atoms with Crippen LogP contribution in [0, 0.1) is 0 Å². The average molecular weight is 287 g/mol. The smallest absolute Gasteiger partial charge is 0.0517 e. The first-order valence-electron chi connectivity index (χ1n) is 7.16. The quantitative estimate of drug-likeness (QED) is 0.943. The standard InChI is InChI=1S/C16H21N3S/c1-11(17)16(13-4-3-7-18-10-13)19-8-5-15-14(12(19)2)6-9-20-15/h3-4,6-7,9-12,16H,5,8,17H2,1-2H3. The molecule has 3 atom stereocenters. The van der Waals surface area contributed by atoms with Crippen LogP contribution in [0.3, 0.4) is 0 Å². The van der Waals surface area contributed by atoms with Gasteiger partial charge in [-0.3, -0.25) is 9.88 Å². The molecule has 3 unspecified atom stereocenters. The Labute approximate surface area is 124 Å². The number of aromatic nitrogens is 1. The molecule has 2 aromatic rings. The van der Waals surface area contributed by atoms with E-state index in [0.29, 0.717) is 6.04 Å². The summed E-state index contributed by atoms with van der Waals surface area (Å²) >= 11 is 1.88. The first-order valence-corrected chi connectivity index (χ1v) is 8.04. The van der Waals surface area contributed by atoms with Gasteiger partial charge in [0.2, 0.25) is 0 Å². The maximum absolute atomic E-state index is 6.29. The molecule has 3 rings (SSSR count). The summed E-state index contributed by atoms with van der Waals surface area (Å²) in [6.45, 7) is 5.44. The number of fused-ring (bicyclic) bond motifs is 1. The molecule has 0 radical (unpaired) electrons. The zero-order valence-electron chi connectivity index (χ0n) is 12.0. The van der Waals surface area contributed by atoms with E-state index < -0.39 is 0 Å². The molecule has 0 aliphatic carbocycles. The Morgan fingerprint density at radius 1 is 1.45 bits per heavy atom. The number of rotatable bonds is 3. The van der Waals surface area contributed by atoms with Gasteiger partial charge in [0.05, 0.1) is 6.04 Å². The van der Waals surface area contributed by atoms with Crippen molar-refractivity contribution < 1.29 is 0 Å². The summed E-state index contributed by atoms with van der Waals surface area (Å²) in [5.41, 5.74) is 8.97. The van der Waals surface area contributed by atoms with E-state index in [4.69, 9.17) is 5.73 Å². The van der Waals surface area contributed by atoms with E-state index in [0.717, 1.165) is 13.0 Å². The minimum atomic E-state index is 0.0850. The first kappa shape index (κ1) is 13.7. The number of nitrogens with zero attached hydrogens (tertiary/aromatic N) is 2. The largest absolute Gasteiger partial charge is 0.326 e. The van der Waals surface area contributed by atoms with Gasteiger partial charge in [-0.25, -0.2) is 0 Å². The van der Waals surface area contributed by atoms with Crippen molar-refractivity contribution in [3.05, 3.63) is 52.0 Å². The highest BCUT2D eigenvalue weighted by Crippen LogP contribution is 2.38. The predicted octanol–water partition coefficient (Wildman–Crippen LogP) is 3.15. The Kier molecular flexibility index (Phi) is 3.87. The summed E-state index contributed by atoms with van der Waals surface area (Å²) in [6, 6.07) is 7.12. The molecule has 2 N–H and O–H groups in total. The van der Waals surface area contributed by atoms with Gasteiger partial charge in [-0.1, -0.05) is 6.07 Å². The molecule has 0 bridgehead atoms. The lowest BCUT2D eigenvalue weighted by Crippen LogP contribution is -2.43. The fourth-order valence-corrected chi connectivity index (χ4v) is 4.22. The van der Waals surface area contributed by atoms with E-state index in [2.05, 4.69) is 41.2 Å². The van der Waals surface area contributed by atoms with Crippen molar-refractivity contribution in [3.8, 4) is 0 Å². The van der Waals surface area contributed by atoms with Crippen molar-refractivity contribution in [1.82, 2.24) is 9.88 Å². The third-order valence-corrected chi connectivity index (χ3v) is 5.20. The summed E-state index contributed by atoms with van der Waals surface area (Å²) in [4.78, 5) is 8.32. The monoisotopic (exact) mass is 287 g/mol. The molecule has 1 aliphatic rings. The minimum Gasteiger partial charge on any atom is -0.326 e. The summed E-state index contributed by atoms with van der Waals surface area (Å²) in [5.74, 6) is 0. The predicted molar refractivity (Wildman–Crippen MR) is 83.8 cm³/mol. The van der Waals surface area contributed by atoms with Gasteiger partial charge < -0.3 is 5.73 Å². The molecule has 0 saturated heterocycles. The van der Waals surface area contributed by atoms with Gasteiger partial charge >= 0.3 is 0 Å². The van der Waals surface area contributed by atoms with Gasteiger partial charge in [-0.15, -0.1) is 11.3 Å². The van der Waals surface area contributed by atoms with Crippen LogP contribution in [0.5, 0.6) is 0 Å². The van der Waals surface area contributed by atoms with Crippen molar-refractivity contribution >= 4 is 11.3 Å².